The van der Waals surface area contributed by atoms with Crippen LogP contribution in [0.25, 0.3) is 5.65 Å². The van der Waals surface area contributed by atoms with E-state index >= 15 is 0 Å². The van der Waals surface area contributed by atoms with Crippen molar-refractivity contribution in [1.82, 2.24) is 9.38 Å². The van der Waals surface area contributed by atoms with E-state index in [0.29, 0.717) is 17.4 Å². The highest BCUT2D eigenvalue weighted by molar-refractivity contribution is 7.98. The first-order valence-corrected chi connectivity index (χ1v) is 7.91. The number of aromatic nitrogens is 2. The second-order valence-electron chi connectivity index (χ2n) is 5.21. The summed E-state index contributed by atoms with van der Waals surface area (Å²) in [6, 6.07) is 4.46. The normalized spacial score (nSPS) is 11.3. The summed E-state index contributed by atoms with van der Waals surface area (Å²) < 4.78 is 68.0. The quantitative estimate of drug-likeness (QED) is 0.302. The molecule has 3 nitrogen and oxygen atoms in total. The maximum absolute atomic E-state index is 13.7. The van der Waals surface area contributed by atoms with Crippen molar-refractivity contribution in [2.24, 2.45) is 0 Å². The zero-order valence-corrected chi connectivity index (χ0v) is 13.4. The molecule has 0 unspecified atom stereocenters. The van der Waals surface area contributed by atoms with Gasteiger partial charge in [-0.1, -0.05) is 6.07 Å². The van der Waals surface area contributed by atoms with Crippen LogP contribution in [0.2, 0.25) is 0 Å². The molecule has 2 aromatic heterocycles. The molecular formula is C16H9F5N2OS. The van der Waals surface area contributed by atoms with Gasteiger partial charge in [0, 0.05) is 18.0 Å². The summed E-state index contributed by atoms with van der Waals surface area (Å²) in [5, 5.41) is 0. The number of nitrogens with zero attached hydrogens (tertiary/aromatic N) is 2. The van der Waals surface area contributed by atoms with E-state index in [1.165, 1.54) is 4.40 Å². The van der Waals surface area contributed by atoms with Gasteiger partial charge in [-0.2, -0.15) is 0 Å². The Bertz CT molecular complexity index is 1020. The maximum Gasteiger partial charge on any atom is 0.258 e. The van der Waals surface area contributed by atoms with Crippen LogP contribution in [0.1, 0.15) is 11.3 Å². The van der Waals surface area contributed by atoms with Gasteiger partial charge in [0.05, 0.1) is 10.6 Å². The highest BCUT2D eigenvalue weighted by Crippen LogP contribution is 2.32. The standard InChI is InChI=1S/C16H9F5N2OS/c1-7-2-3-9-22-8(4-10(24)23(9)5-7)6-25-16-14(20)12(18)11(17)13(19)15(16)21/h2-5H,6H2,1H3. The number of fused-ring (bicyclic) bond motifs is 1. The topological polar surface area (TPSA) is 34.4 Å². The highest BCUT2D eigenvalue weighted by Gasteiger charge is 2.26. The van der Waals surface area contributed by atoms with Crippen molar-refractivity contribution >= 4 is 17.4 Å². The first-order valence-electron chi connectivity index (χ1n) is 6.92. The van der Waals surface area contributed by atoms with E-state index < -0.39 is 39.5 Å². The van der Waals surface area contributed by atoms with Gasteiger partial charge < -0.3 is 0 Å². The Hall–Kier alpha value is -2.42. The minimum Gasteiger partial charge on any atom is -0.269 e. The molecule has 130 valence electrons. The first-order chi connectivity index (χ1) is 11.8. The van der Waals surface area contributed by atoms with E-state index in [1.807, 2.05) is 0 Å². The van der Waals surface area contributed by atoms with E-state index in [2.05, 4.69) is 4.98 Å². The van der Waals surface area contributed by atoms with Gasteiger partial charge in [0.15, 0.2) is 23.3 Å². The van der Waals surface area contributed by atoms with Crippen molar-refractivity contribution in [2.75, 3.05) is 0 Å². The minimum atomic E-state index is -2.21. The molecule has 0 aliphatic heterocycles. The molecule has 3 aromatic rings. The zero-order valence-electron chi connectivity index (χ0n) is 12.6. The molecule has 0 atom stereocenters. The fourth-order valence-corrected chi connectivity index (χ4v) is 3.06. The van der Waals surface area contributed by atoms with Crippen molar-refractivity contribution in [1.29, 1.82) is 0 Å². The number of rotatable bonds is 3. The number of halogens is 5. The average molecular weight is 372 g/mol. The SMILES string of the molecule is Cc1ccc2nc(CSc3c(F)c(F)c(F)c(F)c3F)cc(=O)n2c1. The molecule has 0 fully saturated rings. The van der Waals surface area contributed by atoms with Crippen LogP contribution < -0.4 is 5.56 Å². The van der Waals surface area contributed by atoms with Crippen LogP contribution in [-0.4, -0.2) is 9.38 Å². The van der Waals surface area contributed by atoms with Gasteiger partial charge >= 0.3 is 0 Å². The molecule has 1 aromatic carbocycles. The number of hydrogen-bond acceptors (Lipinski definition) is 3. The van der Waals surface area contributed by atoms with Crippen LogP contribution in [0.3, 0.4) is 0 Å². The van der Waals surface area contributed by atoms with Crippen molar-refractivity contribution < 1.29 is 22.0 Å². The molecule has 2 heterocycles. The van der Waals surface area contributed by atoms with Crippen LogP contribution in [0.15, 0.2) is 34.1 Å². The Labute approximate surface area is 142 Å². The van der Waals surface area contributed by atoms with Crippen LogP contribution >= 0.6 is 11.8 Å². The Morgan fingerprint density at radius 1 is 1.00 bits per heavy atom. The Morgan fingerprint density at radius 2 is 1.60 bits per heavy atom. The van der Waals surface area contributed by atoms with E-state index in [4.69, 9.17) is 0 Å². The first kappa shape index (κ1) is 17.4. The Kier molecular flexibility index (Phi) is 4.51. The van der Waals surface area contributed by atoms with Gasteiger partial charge in [-0.25, -0.2) is 26.9 Å². The molecule has 0 aliphatic rings. The van der Waals surface area contributed by atoms with Gasteiger partial charge in [-0.05, 0) is 18.6 Å². The second-order valence-corrected chi connectivity index (χ2v) is 6.19. The van der Waals surface area contributed by atoms with Crippen LogP contribution in [-0.2, 0) is 5.75 Å². The van der Waals surface area contributed by atoms with Crippen LogP contribution in [0.4, 0.5) is 22.0 Å². The predicted molar refractivity (Wildman–Crippen MR) is 82.0 cm³/mol. The summed E-state index contributed by atoms with van der Waals surface area (Å²) >= 11 is 0.377. The number of benzene rings is 1. The minimum absolute atomic E-state index is 0.155. The molecule has 25 heavy (non-hydrogen) atoms. The fraction of sp³-hybridized carbons (Fsp3) is 0.125. The zero-order chi connectivity index (χ0) is 18.3. The number of thioether (sulfide) groups is 1. The molecule has 0 spiro atoms. The average Bonchev–Trinajstić information content (AvgIpc) is 2.59. The van der Waals surface area contributed by atoms with E-state index in [9.17, 15) is 26.7 Å². The summed E-state index contributed by atoms with van der Waals surface area (Å²) in [5.41, 5.74) is 0.885. The molecular weight excluding hydrogens is 363 g/mol. The smallest absolute Gasteiger partial charge is 0.258 e. The summed E-state index contributed by atoms with van der Waals surface area (Å²) in [4.78, 5) is 15.2. The monoisotopic (exact) mass is 372 g/mol. The molecule has 0 radical (unpaired) electrons. The largest absolute Gasteiger partial charge is 0.269 e. The summed E-state index contributed by atoms with van der Waals surface area (Å²) in [5.74, 6) is -10.3. The lowest BCUT2D eigenvalue weighted by atomic mass is 10.3. The molecule has 0 saturated carbocycles. The highest BCUT2D eigenvalue weighted by atomic mass is 32.2. The second kappa shape index (κ2) is 6.47. The molecule has 3 rings (SSSR count). The summed E-state index contributed by atoms with van der Waals surface area (Å²) in [6.45, 7) is 1.79. The summed E-state index contributed by atoms with van der Waals surface area (Å²) in [6.07, 6.45) is 1.58. The van der Waals surface area contributed by atoms with Crippen molar-refractivity contribution in [3.63, 3.8) is 0 Å². The lowest BCUT2D eigenvalue weighted by molar-refractivity contribution is 0.361. The van der Waals surface area contributed by atoms with Crippen LogP contribution in [0.5, 0.6) is 0 Å². The third kappa shape index (κ3) is 3.11. The fourth-order valence-electron chi connectivity index (χ4n) is 2.19. The lowest BCUT2D eigenvalue weighted by Gasteiger charge is -2.08. The molecule has 0 bridgehead atoms. The Morgan fingerprint density at radius 3 is 2.24 bits per heavy atom. The van der Waals surface area contributed by atoms with E-state index in [1.54, 1.807) is 25.3 Å². The third-order valence-corrected chi connectivity index (χ3v) is 4.48. The van der Waals surface area contributed by atoms with Gasteiger partial charge in [0.1, 0.15) is 5.65 Å². The van der Waals surface area contributed by atoms with Crippen molar-refractivity contribution in [3.8, 4) is 0 Å². The van der Waals surface area contributed by atoms with Gasteiger partial charge in [-0.15, -0.1) is 11.8 Å². The van der Waals surface area contributed by atoms with Crippen molar-refractivity contribution in [3.05, 3.63) is 75.1 Å². The van der Waals surface area contributed by atoms with Crippen LogP contribution in [0, 0.1) is 36.0 Å². The molecule has 0 amide bonds. The number of pyridine rings is 1. The maximum atomic E-state index is 13.7. The van der Waals surface area contributed by atoms with E-state index in [0.717, 1.165) is 11.6 Å². The lowest BCUT2D eigenvalue weighted by Crippen LogP contribution is -2.15. The molecule has 0 aliphatic carbocycles. The molecule has 9 heteroatoms. The molecule has 0 N–H and O–H groups in total. The third-order valence-electron chi connectivity index (χ3n) is 3.39. The van der Waals surface area contributed by atoms with Gasteiger partial charge in [-0.3, -0.25) is 9.20 Å². The summed E-state index contributed by atoms with van der Waals surface area (Å²) in [7, 11) is 0. The number of aryl methyl sites for hydroxylation is 1. The Balaban J connectivity index is 1.96. The van der Waals surface area contributed by atoms with Gasteiger partial charge in [0.2, 0.25) is 5.82 Å². The van der Waals surface area contributed by atoms with E-state index in [-0.39, 0.29) is 11.4 Å². The number of hydrogen-bond donors (Lipinski definition) is 0. The molecule has 0 saturated heterocycles. The van der Waals surface area contributed by atoms with Gasteiger partial charge in [0.25, 0.3) is 5.56 Å². The van der Waals surface area contributed by atoms with Crippen molar-refractivity contribution in [2.45, 2.75) is 17.6 Å². The predicted octanol–water partition coefficient (Wildman–Crippen LogP) is 3.99.